The number of phenolic OH excluding ortho intramolecular Hbond substituents is 1. The molecular weight excluding hydrogens is 468 g/mol. The van der Waals surface area contributed by atoms with Crippen LogP contribution in [0, 0.1) is 0 Å². The van der Waals surface area contributed by atoms with Crippen LogP contribution in [0.3, 0.4) is 0 Å². The number of hydrogen-bond acceptors (Lipinski definition) is 5. The SMILES string of the molecule is COc1ccc(C(C)(C)C)cc1/C(O)=C1\C(=O)C(=O)N(c2ccccc2O)C1c1c[nH]c2ccccc12. The number of fused-ring (bicyclic) bond motifs is 1. The zero-order valence-corrected chi connectivity index (χ0v) is 21.1. The number of rotatable bonds is 4. The van der Waals surface area contributed by atoms with E-state index < -0.39 is 17.7 Å². The van der Waals surface area contributed by atoms with E-state index in [1.807, 2.05) is 51.1 Å². The molecule has 1 fully saturated rings. The Hall–Kier alpha value is -4.52. The standard InChI is InChI=1S/C30H28N2O5/c1-30(2,3)17-13-14-24(37-4)19(15-17)27(34)25-26(20-16-31-21-10-6-5-9-18(20)21)32(29(36)28(25)35)22-11-7-8-12-23(22)33/h5-16,26,31,33-34H,1-4H3/b27-25+. The van der Waals surface area contributed by atoms with Crippen molar-refractivity contribution in [1.82, 2.24) is 4.98 Å². The zero-order valence-electron chi connectivity index (χ0n) is 21.1. The molecule has 2 heterocycles. The predicted molar refractivity (Wildman–Crippen MR) is 143 cm³/mol. The minimum absolute atomic E-state index is 0.0811. The molecule has 5 rings (SSSR count). The number of Topliss-reactive ketones (excluding diaryl/α,β-unsaturated/α-hetero) is 1. The molecule has 1 unspecified atom stereocenters. The summed E-state index contributed by atoms with van der Waals surface area (Å²) < 4.78 is 5.53. The van der Waals surface area contributed by atoms with Gasteiger partial charge in [0.2, 0.25) is 0 Å². The number of aromatic hydroxyl groups is 1. The fraction of sp³-hybridized carbons (Fsp3) is 0.200. The van der Waals surface area contributed by atoms with Crippen molar-refractivity contribution < 1.29 is 24.5 Å². The summed E-state index contributed by atoms with van der Waals surface area (Å²) in [5.41, 5.74) is 2.53. The molecule has 3 aromatic carbocycles. The number of aliphatic hydroxyl groups is 1. The van der Waals surface area contributed by atoms with Gasteiger partial charge in [0.05, 0.1) is 30.0 Å². The summed E-state index contributed by atoms with van der Waals surface area (Å²) in [6.45, 7) is 6.13. The van der Waals surface area contributed by atoms with E-state index in [4.69, 9.17) is 4.74 Å². The van der Waals surface area contributed by atoms with E-state index in [-0.39, 0.29) is 28.2 Å². The fourth-order valence-electron chi connectivity index (χ4n) is 4.87. The van der Waals surface area contributed by atoms with Crippen LogP contribution in [0.25, 0.3) is 16.7 Å². The highest BCUT2D eigenvalue weighted by Crippen LogP contribution is 2.47. The molecule has 1 atom stereocenters. The Bertz CT molecular complexity index is 1570. The first kappa shape index (κ1) is 24.2. The number of carbonyl (C=O) groups excluding carboxylic acids is 2. The molecule has 7 nitrogen and oxygen atoms in total. The van der Waals surface area contributed by atoms with Gasteiger partial charge < -0.3 is 19.9 Å². The maximum atomic E-state index is 13.6. The van der Waals surface area contributed by atoms with Gasteiger partial charge in [-0.15, -0.1) is 0 Å². The lowest BCUT2D eigenvalue weighted by atomic mass is 9.85. The number of methoxy groups -OCH3 is 1. The topological polar surface area (TPSA) is 103 Å². The van der Waals surface area contributed by atoms with E-state index in [0.29, 0.717) is 16.9 Å². The van der Waals surface area contributed by atoms with Crippen LogP contribution in [0.5, 0.6) is 11.5 Å². The number of anilines is 1. The maximum absolute atomic E-state index is 13.6. The summed E-state index contributed by atoms with van der Waals surface area (Å²) in [7, 11) is 1.49. The van der Waals surface area contributed by atoms with Crippen LogP contribution in [0.15, 0.2) is 78.5 Å². The van der Waals surface area contributed by atoms with E-state index >= 15 is 0 Å². The van der Waals surface area contributed by atoms with Gasteiger partial charge in [0.15, 0.2) is 0 Å². The summed E-state index contributed by atoms with van der Waals surface area (Å²) in [5.74, 6) is -1.81. The van der Waals surface area contributed by atoms with Gasteiger partial charge in [-0.3, -0.25) is 14.5 Å². The van der Waals surface area contributed by atoms with Crippen LogP contribution >= 0.6 is 0 Å². The fourth-order valence-corrected chi connectivity index (χ4v) is 4.87. The largest absolute Gasteiger partial charge is 0.507 e. The Kier molecular flexibility index (Phi) is 5.79. The molecule has 3 N–H and O–H groups in total. The highest BCUT2D eigenvalue weighted by atomic mass is 16.5. The van der Waals surface area contributed by atoms with Crippen molar-refractivity contribution in [2.45, 2.75) is 32.2 Å². The van der Waals surface area contributed by atoms with Gasteiger partial charge in [-0.1, -0.05) is 57.2 Å². The monoisotopic (exact) mass is 496 g/mol. The van der Waals surface area contributed by atoms with Gasteiger partial charge >= 0.3 is 0 Å². The van der Waals surface area contributed by atoms with Crippen molar-refractivity contribution >= 4 is 34.0 Å². The highest BCUT2D eigenvalue weighted by Gasteiger charge is 2.48. The predicted octanol–water partition coefficient (Wildman–Crippen LogP) is 5.81. The Morgan fingerprint density at radius 2 is 1.70 bits per heavy atom. The summed E-state index contributed by atoms with van der Waals surface area (Å²) in [4.78, 5) is 31.5. The number of ether oxygens (including phenoxy) is 1. The first-order valence-electron chi connectivity index (χ1n) is 12.0. The second-order valence-electron chi connectivity index (χ2n) is 10.1. The number of aliphatic hydroxyl groups excluding tert-OH is 1. The molecule has 7 heteroatoms. The molecule has 1 aliphatic rings. The first-order valence-corrected chi connectivity index (χ1v) is 12.0. The normalized spacial score (nSPS) is 17.5. The molecule has 1 aromatic heterocycles. The number of aromatic amines is 1. The zero-order chi connectivity index (χ0) is 26.5. The van der Waals surface area contributed by atoms with Gasteiger partial charge in [-0.25, -0.2) is 0 Å². The van der Waals surface area contributed by atoms with Gasteiger partial charge in [0.1, 0.15) is 17.3 Å². The van der Waals surface area contributed by atoms with Gasteiger partial charge in [0.25, 0.3) is 11.7 Å². The Morgan fingerprint density at radius 1 is 1.00 bits per heavy atom. The Morgan fingerprint density at radius 3 is 2.41 bits per heavy atom. The van der Waals surface area contributed by atoms with Crippen molar-refractivity contribution in [3.8, 4) is 11.5 Å². The summed E-state index contributed by atoms with van der Waals surface area (Å²) in [5, 5.41) is 23.1. The van der Waals surface area contributed by atoms with Gasteiger partial charge in [-0.2, -0.15) is 0 Å². The molecule has 4 aromatic rings. The molecule has 0 saturated carbocycles. The van der Waals surface area contributed by atoms with E-state index in [0.717, 1.165) is 16.5 Å². The highest BCUT2D eigenvalue weighted by molar-refractivity contribution is 6.52. The molecular formula is C30H28N2O5. The number of amides is 1. The number of carbonyl (C=O) groups is 2. The number of hydrogen-bond donors (Lipinski definition) is 3. The average molecular weight is 497 g/mol. The number of H-pyrrole nitrogens is 1. The molecule has 188 valence electrons. The van der Waals surface area contributed by atoms with Crippen LogP contribution in [0.2, 0.25) is 0 Å². The molecule has 0 bridgehead atoms. The van der Waals surface area contributed by atoms with E-state index in [9.17, 15) is 19.8 Å². The number of aromatic nitrogens is 1. The van der Waals surface area contributed by atoms with Gasteiger partial charge in [0, 0.05) is 22.7 Å². The van der Waals surface area contributed by atoms with E-state index in [2.05, 4.69) is 4.98 Å². The van der Waals surface area contributed by atoms with E-state index in [1.165, 1.54) is 18.1 Å². The third kappa shape index (κ3) is 3.93. The van der Waals surface area contributed by atoms with Crippen molar-refractivity contribution in [3.05, 3.63) is 95.2 Å². The quantitative estimate of drug-likeness (QED) is 0.188. The lowest BCUT2D eigenvalue weighted by molar-refractivity contribution is -0.132. The molecule has 1 aliphatic heterocycles. The lowest BCUT2D eigenvalue weighted by Gasteiger charge is -2.26. The molecule has 0 radical (unpaired) electrons. The maximum Gasteiger partial charge on any atom is 0.300 e. The molecule has 1 amide bonds. The smallest absolute Gasteiger partial charge is 0.300 e. The molecule has 0 spiro atoms. The summed E-state index contributed by atoms with van der Waals surface area (Å²) >= 11 is 0. The Balaban J connectivity index is 1.82. The molecule has 37 heavy (non-hydrogen) atoms. The van der Waals surface area contributed by atoms with Crippen LogP contribution < -0.4 is 9.64 Å². The van der Waals surface area contributed by atoms with Crippen LogP contribution in [0.1, 0.15) is 43.5 Å². The van der Waals surface area contributed by atoms with Crippen LogP contribution in [-0.2, 0) is 15.0 Å². The van der Waals surface area contributed by atoms with Crippen molar-refractivity contribution in [1.29, 1.82) is 0 Å². The minimum atomic E-state index is -0.993. The third-order valence-corrected chi connectivity index (χ3v) is 6.82. The third-order valence-electron chi connectivity index (χ3n) is 6.82. The number of nitrogens with one attached hydrogen (secondary N) is 1. The van der Waals surface area contributed by atoms with E-state index in [1.54, 1.807) is 36.5 Å². The molecule has 0 aliphatic carbocycles. The van der Waals surface area contributed by atoms with Crippen molar-refractivity contribution in [2.75, 3.05) is 12.0 Å². The first-order chi connectivity index (χ1) is 17.6. The number of phenols is 1. The Labute approximate surface area is 214 Å². The number of ketones is 1. The number of benzene rings is 3. The van der Waals surface area contributed by atoms with Crippen LogP contribution in [0.4, 0.5) is 5.69 Å². The average Bonchev–Trinajstić information content (AvgIpc) is 3.41. The number of para-hydroxylation sites is 3. The minimum Gasteiger partial charge on any atom is -0.507 e. The lowest BCUT2D eigenvalue weighted by Crippen LogP contribution is -2.29. The number of nitrogens with zero attached hydrogens (tertiary/aromatic N) is 1. The van der Waals surface area contributed by atoms with Gasteiger partial charge in [-0.05, 0) is 41.3 Å². The molecule has 1 saturated heterocycles. The van der Waals surface area contributed by atoms with Crippen molar-refractivity contribution in [2.24, 2.45) is 0 Å². The summed E-state index contributed by atoms with van der Waals surface area (Å²) in [6.07, 6.45) is 1.73. The van der Waals surface area contributed by atoms with Crippen LogP contribution in [-0.4, -0.2) is 34.0 Å². The summed E-state index contributed by atoms with van der Waals surface area (Å²) in [6, 6.07) is 18.3. The van der Waals surface area contributed by atoms with Crippen molar-refractivity contribution in [3.63, 3.8) is 0 Å². The second kappa shape index (κ2) is 8.85. The second-order valence-corrected chi connectivity index (χ2v) is 10.1.